The molecule has 0 unspecified atom stereocenters. The molecule has 0 aliphatic carbocycles. The third kappa shape index (κ3) is 5.89. The molecule has 1 heterocycles. The van der Waals surface area contributed by atoms with Gasteiger partial charge >= 0.3 is 0 Å². The third-order valence-corrected chi connectivity index (χ3v) is 10.1. The van der Waals surface area contributed by atoms with Crippen LogP contribution >= 0.6 is 0 Å². The molecule has 0 spiro atoms. The maximum absolute atomic E-state index is 10.3. The molecule has 148 valence electrons. The molecule has 0 aromatic heterocycles. The summed E-state index contributed by atoms with van der Waals surface area (Å²) in [5, 5.41) is 10.5. The van der Waals surface area contributed by atoms with Crippen LogP contribution in [0.15, 0.2) is 30.3 Å². The minimum atomic E-state index is -1.88. The van der Waals surface area contributed by atoms with Gasteiger partial charge in [0, 0.05) is 6.42 Å². The van der Waals surface area contributed by atoms with Gasteiger partial charge in [0.2, 0.25) is 0 Å². The lowest BCUT2D eigenvalue weighted by atomic mass is 10.1. The maximum Gasteiger partial charge on any atom is 0.192 e. The quantitative estimate of drug-likeness (QED) is 0.673. The van der Waals surface area contributed by atoms with E-state index in [0.717, 1.165) is 18.4 Å². The first-order valence-electron chi connectivity index (χ1n) is 9.78. The smallest absolute Gasteiger partial charge is 0.192 e. The van der Waals surface area contributed by atoms with Gasteiger partial charge in [-0.15, -0.1) is 0 Å². The number of benzene rings is 1. The molecular formula is C21H36O4Si. The number of rotatable bonds is 7. The Labute approximate surface area is 160 Å². The van der Waals surface area contributed by atoms with E-state index in [1.54, 1.807) is 0 Å². The van der Waals surface area contributed by atoms with Crippen molar-refractivity contribution < 1.29 is 19.0 Å². The minimum Gasteiger partial charge on any atom is -0.409 e. The number of hydrogen-bond acceptors (Lipinski definition) is 4. The van der Waals surface area contributed by atoms with Crippen molar-refractivity contribution in [3.05, 3.63) is 35.9 Å². The molecule has 1 aromatic rings. The molecule has 26 heavy (non-hydrogen) atoms. The van der Waals surface area contributed by atoms with E-state index in [1.807, 2.05) is 30.3 Å². The van der Waals surface area contributed by atoms with E-state index in [9.17, 15) is 5.11 Å². The molecule has 1 aliphatic rings. The number of ether oxygens (including phenoxy) is 2. The molecule has 5 heteroatoms. The summed E-state index contributed by atoms with van der Waals surface area (Å²) in [6.07, 6.45) is 1.78. The van der Waals surface area contributed by atoms with Crippen LogP contribution < -0.4 is 0 Å². The molecule has 0 bridgehead atoms. The average Bonchev–Trinajstić information content (AvgIpc) is 2.56. The summed E-state index contributed by atoms with van der Waals surface area (Å²) in [5.41, 5.74) is 0.920. The van der Waals surface area contributed by atoms with Gasteiger partial charge in [-0.25, -0.2) is 0 Å². The van der Waals surface area contributed by atoms with Crippen LogP contribution in [0.5, 0.6) is 0 Å². The molecule has 1 saturated heterocycles. The van der Waals surface area contributed by atoms with Crippen LogP contribution in [-0.4, -0.2) is 38.5 Å². The van der Waals surface area contributed by atoms with Gasteiger partial charge in [0.05, 0.1) is 24.9 Å². The predicted octanol–water partition coefficient (Wildman–Crippen LogP) is 5.04. The first-order chi connectivity index (χ1) is 12.1. The highest BCUT2D eigenvalue weighted by atomic mass is 28.4. The van der Waals surface area contributed by atoms with Crippen molar-refractivity contribution in [2.45, 2.75) is 89.7 Å². The summed E-state index contributed by atoms with van der Waals surface area (Å²) >= 11 is 0. The van der Waals surface area contributed by atoms with E-state index in [1.165, 1.54) is 0 Å². The Hall–Kier alpha value is -0.723. The molecular weight excluding hydrogens is 344 g/mol. The molecule has 2 rings (SSSR count). The van der Waals surface area contributed by atoms with E-state index < -0.39 is 14.4 Å². The van der Waals surface area contributed by atoms with Gasteiger partial charge in [0.15, 0.2) is 14.6 Å². The monoisotopic (exact) mass is 380 g/mol. The van der Waals surface area contributed by atoms with E-state index in [2.05, 4.69) is 40.8 Å². The van der Waals surface area contributed by atoms with Crippen molar-refractivity contribution in [2.24, 2.45) is 0 Å². The summed E-state index contributed by atoms with van der Waals surface area (Å²) in [7, 11) is -1.88. The maximum atomic E-state index is 10.3. The Morgan fingerprint density at radius 3 is 2.46 bits per heavy atom. The Morgan fingerprint density at radius 2 is 1.85 bits per heavy atom. The van der Waals surface area contributed by atoms with Gasteiger partial charge < -0.3 is 19.0 Å². The molecule has 0 saturated carbocycles. The standard InChI is InChI=1S/C21H36O4Si/c1-16-12-13-19(25-26(5,6)21(2,3)4)20(24-16)23-15-14-18(22)17-10-8-7-9-11-17/h7-11,16,18-20,22H,12-15H2,1-6H3/t16-,18+,19-,20-/m0/s1. The Bertz CT molecular complexity index is 541. The van der Waals surface area contributed by atoms with Crippen LogP contribution in [0.1, 0.15) is 58.6 Å². The summed E-state index contributed by atoms with van der Waals surface area (Å²) in [4.78, 5) is 0. The molecule has 4 atom stereocenters. The number of aliphatic hydroxyl groups excluding tert-OH is 1. The van der Waals surface area contributed by atoms with Crippen molar-refractivity contribution in [3.8, 4) is 0 Å². The third-order valence-electron chi connectivity index (χ3n) is 5.64. The van der Waals surface area contributed by atoms with Crippen molar-refractivity contribution in [1.82, 2.24) is 0 Å². The molecule has 0 amide bonds. The van der Waals surface area contributed by atoms with E-state index in [0.29, 0.717) is 13.0 Å². The van der Waals surface area contributed by atoms with Gasteiger partial charge in [-0.2, -0.15) is 0 Å². The predicted molar refractivity (Wildman–Crippen MR) is 108 cm³/mol. The lowest BCUT2D eigenvalue weighted by molar-refractivity contribution is -0.234. The highest BCUT2D eigenvalue weighted by molar-refractivity contribution is 6.74. The summed E-state index contributed by atoms with van der Waals surface area (Å²) in [6.45, 7) is 13.8. The zero-order chi connectivity index (χ0) is 19.4. The summed E-state index contributed by atoms with van der Waals surface area (Å²) < 4.78 is 18.6. The van der Waals surface area contributed by atoms with E-state index >= 15 is 0 Å². The highest BCUT2D eigenvalue weighted by Crippen LogP contribution is 2.39. The SMILES string of the molecule is C[C@H]1CC[C@H](O[Si](C)(C)C(C)(C)C)[C@@H](OCC[C@@H](O)c2ccccc2)O1. The Kier molecular flexibility index (Phi) is 7.45. The van der Waals surface area contributed by atoms with Crippen LogP contribution in [0, 0.1) is 0 Å². The molecule has 0 radical (unpaired) electrons. The fourth-order valence-electron chi connectivity index (χ4n) is 2.87. The molecule has 1 fully saturated rings. The molecule has 1 aliphatic heterocycles. The van der Waals surface area contributed by atoms with Crippen LogP contribution in [0.4, 0.5) is 0 Å². The summed E-state index contributed by atoms with van der Waals surface area (Å²) in [5.74, 6) is 0. The van der Waals surface area contributed by atoms with Crippen molar-refractivity contribution in [1.29, 1.82) is 0 Å². The van der Waals surface area contributed by atoms with Crippen LogP contribution in [-0.2, 0) is 13.9 Å². The number of aliphatic hydroxyl groups is 1. The first-order valence-corrected chi connectivity index (χ1v) is 12.7. The molecule has 1 N–H and O–H groups in total. The summed E-state index contributed by atoms with van der Waals surface area (Å²) in [6, 6.07) is 9.70. The van der Waals surface area contributed by atoms with Gasteiger partial charge in [-0.1, -0.05) is 51.1 Å². The largest absolute Gasteiger partial charge is 0.409 e. The fourth-order valence-corrected chi connectivity index (χ4v) is 4.21. The second-order valence-corrected chi connectivity index (χ2v) is 13.7. The Balaban J connectivity index is 1.91. The van der Waals surface area contributed by atoms with Crippen LogP contribution in [0.25, 0.3) is 0 Å². The van der Waals surface area contributed by atoms with E-state index in [4.69, 9.17) is 13.9 Å². The van der Waals surface area contributed by atoms with Crippen LogP contribution in [0.2, 0.25) is 18.1 Å². The number of hydrogen-bond donors (Lipinski definition) is 1. The fraction of sp³-hybridized carbons (Fsp3) is 0.714. The van der Waals surface area contributed by atoms with E-state index in [-0.39, 0.29) is 23.5 Å². The van der Waals surface area contributed by atoms with Crippen molar-refractivity contribution >= 4 is 8.32 Å². The second-order valence-electron chi connectivity index (χ2n) is 8.90. The lowest BCUT2D eigenvalue weighted by Gasteiger charge is -2.43. The zero-order valence-electron chi connectivity index (χ0n) is 17.2. The van der Waals surface area contributed by atoms with Crippen LogP contribution in [0.3, 0.4) is 0 Å². The van der Waals surface area contributed by atoms with Gasteiger partial charge in [-0.05, 0) is 43.5 Å². The van der Waals surface area contributed by atoms with Crippen molar-refractivity contribution in [3.63, 3.8) is 0 Å². The Morgan fingerprint density at radius 1 is 1.19 bits per heavy atom. The average molecular weight is 381 g/mol. The van der Waals surface area contributed by atoms with Gasteiger partial charge in [0.25, 0.3) is 0 Å². The lowest BCUT2D eigenvalue weighted by Crippen LogP contribution is -2.50. The van der Waals surface area contributed by atoms with Gasteiger partial charge in [-0.3, -0.25) is 0 Å². The minimum absolute atomic E-state index is 0.0269. The van der Waals surface area contributed by atoms with Crippen molar-refractivity contribution in [2.75, 3.05) is 6.61 Å². The topological polar surface area (TPSA) is 47.9 Å². The normalized spacial score (nSPS) is 25.9. The molecule has 4 nitrogen and oxygen atoms in total. The first kappa shape index (κ1) is 21.6. The second kappa shape index (κ2) is 8.98. The zero-order valence-corrected chi connectivity index (χ0v) is 18.2. The van der Waals surface area contributed by atoms with Gasteiger partial charge in [0.1, 0.15) is 0 Å². The highest BCUT2D eigenvalue weighted by Gasteiger charge is 2.42. The molecule has 1 aromatic carbocycles.